The van der Waals surface area contributed by atoms with Gasteiger partial charge in [0.05, 0.1) is 25.2 Å². The number of unbranched alkanes of at least 4 members (excludes halogenated alkanes) is 22. The number of carbonyl (C=O) groups is 2. The summed E-state index contributed by atoms with van der Waals surface area (Å²) in [7, 11) is 0. The summed E-state index contributed by atoms with van der Waals surface area (Å²) in [6.07, 6.45) is 47.4. The topological polar surface area (TPSA) is 95.9 Å². The van der Waals surface area contributed by atoms with E-state index in [0.717, 1.165) is 83.5 Å². The number of hydrogen-bond donors (Lipinski definition) is 3. The van der Waals surface area contributed by atoms with Crippen LogP contribution in [-0.2, 0) is 14.3 Å². The molecule has 0 aliphatic heterocycles. The fourth-order valence-corrected chi connectivity index (χ4v) is 6.62. The SMILES string of the molecule is CC/C=C/C=C/C=C/C=C\CCCCCCCC(=O)OC(CCCCCCCCCC)CC(=O)NC(CO)C(O)CCCCCCCCCCCCC. The predicted molar refractivity (Wildman–Crippen MR) is 227 cm³/mol. The molecule has 0 aliphatic rings. The number of amides is 1. The van der Waals surface area contributed by atoms with E-state index in [2.05, 4.69) is 56.5 Å². The van der Waals surface area contributed by atoms with Gasteiger partial charge in [-0.25, -0.2) is 0 Å². The van der Waals surface area contributed by atoms with Crippen molar-refractivity contribution in [2.75, 3.05) is 6.61 Å². The summed E-state index contributed by atoms with van der Waals surface area (Å²) in [5.74, 6) is -0.504. The molecule has 0 aliphatic carbocycles. The molecule has 0 fully saturated rings. The summed E-state index contributed by atoms with van der Waals surface area (Å²) in [4.78, 5) is 25.9. The molecule has 0 rings (SSSR count). The van der Waals surface area contributed by atoms with Crippen LogP contribution >= 0.6 is 0 Å². The van der Waals surface area contributed by atoms with Crippen LogP contribution < -0.4 is 5.32 Å². The summed E-state index contributed by atoms with van der Waals surface area (Å²) < 4.78 is 5.87. The number of ether oxygens (including phenoxy) is 1. The van der Waals surface area contributed by atoms with E-state index in [1.807, 2.05) is 18.2 Å². The Balaban J connectivity index is 4.54. The number of hydrogen-bond acceptors (Lipinski definition) is 5. The molecule has 6 heteroatoms. The van der Waals surface area contributed by atoms with Gasteiger partial charge in [-0.15, -0.1) is 0 Å². The highest BCUT2D eigenvalue weighted by molar-refractivity contribution is 5.77. The highest BCUT2D eigenvalue weighted by Gasteiger charge is 2.24. The minimum Gasteiger partial charge on any atom is -0.462 e. The van der Waals surface area contributed by atoms with Crippen molar-refractivity contribution in [3.8, 4) is 0 Å². The molecule has 308 valence electrons. The second kappa shape index (κ2) is 41.0. The third-order valence-corrected chi connectivity index (χ3v) is 10.0. The molecule has 53 heavy (non-hydrogen) atoms. The van der Waals surface area contributed by atoms with Crippen molar-refractivity contribution >= 4 is 11.9 Å². The Hall–Kier alpha value is -2.18. The van der Waals surface area contributed by atoms with Gasteiger partial charge in [0.2, 0.25) is 5.91 Å². The number of allylic oxidation sites excluding steroid dienone is 8. The lowest BCUT2D eigenvalue weighted by Gasteiger charge is -2.24. The monoisotopic (exact) mass is 744 g/mol. The number of rotatable bonds is 39. The zero-order valence-corrected chi connectivity index (χ0v) is 34.9. The van der Waals surface area contributed by atoms with Crippen molar-refractivity contribution in [2.24, 2.45) is 0 Å². The molecule has 0 aromatic rings. The standard InChI is InChI=1S/C47H85NO5/c1-4-7-10-13-16-19-21-22-23-24-26-28-31-34-37-40-47(52)53-43(38-35-32-29-18-15-12-9-6-3)41-46(51)48-44(42-49)45(50)39-36-33-30-27-25-20-17-14-11-8-5-2/h7,10,13,16,19,21-23,43-45,49-50H,4-6,8-9,11-12,14-15,17-18,20,24-42H2,1-3H3,(H,48,51)/b10-7+,16-13+,21-19+,23-22-. The quantitative estimate of drug-likeness (QED) is 0.0331. The van der Waals surface area contributed by atoms with Crippen LogP contribution in [0.3, 0.4) is 0 Å². The lowest BCUT2D eigenvalue weighted by Crippen LogP contribution is -2.46. The molecular formula is C47H85NO5. The predicted octanol–water partition coefficient (Wildman–Crippen LogP) is 12.7. The molecule has 1 amide bonds. The van der Waals surface area contributed by atoms with E-state index < -0.39 is 18.2 Å². The van der Waals surface area contributed by atoms with Crippen LogP contribution in [0.5, 0.6) is 0 Å². The Bertz CT molecular complexity index is 926. The molecule has 0 heterocycles. The number of aliphatic hydroxyl groups is 2. The average molecular weight is 744 g/mol. The lowest BCUT2D eigenvalue weighted by atomic mass is 10.0. The third kappa shape index (κ3) is 36.6. The highest BCUT2D eigenvalue weighted by Crippen LogP contribution is 2.17. The normalized spacial score (nSPS) is 13.8. The second-order valence-electron chi connectivity index (χ2n) is 15.2. The Labute approximate surface area is 327 Å². The molecule has 0 spiro atoms. The lowest BCUT2D eigenvalue weighted by molar-refractivity contribution is -0.151. The van der Waals surface area contributed by atoms with E-state index in [1.165, 1.54) is 83.5 Å². The van der Waals surface area contributed by atoms with E-state index in [0.29, 0.717) is 19.3 Å². The maximum atomic E-state index is 13.1. The highest BCUT2D eigenvalue weighted by atomic mass is 16.5. The Kier molecular flexibility index (Phi) is 39.3. The summed E-state index contributed by atoms with van der Waals surface area (Å²) in [6, 6.07) is -0.702. The van der Waals surface area contributed by atoms with Crippen LogP contribution in [-0.4, -0.2) is 46.9 Å². The fraction of sp³-hybridized carbons (Fsp3) is 0.787. The first-order chi connectivity index (χ1) is 26.0. The van der Waals surface area contributed by atoms with E-state index >= 15 is 0 Å². The first-order valence-electron chi connectivity index (χ1n) is 22.4. The number of esters is 1. The van der Waals surface area contributed by atoms with Gasteiger partial charge >= 0.3 is 5.97 Å². The van der Waals surface area contributed by atoms with Crippen LogP contribution in [0.25, 0.3) is 0 Å². The van der Waals surface area contributed by atoms with E-state index in [-0.39, 0.29) is 24.9 Å². The Morgan fingerprint density at radius 3 is 1.55 bits per heavy atom. The largest absolute Gasteiger partial charge is 0.462 e. The summed E-state index contributed by atoms with van der Waals surface area (Å²) >= 11 is 0. The molecule has 0 aromatic heterocycles. The van der Waals surface area contributed by atoms with Gasteiger partial charge < -0.3 is 20.3 Å². The van der Waals surface area contributed by atoms with Crippen LogP contribution in [0.15, 0.2) is 48.6 Å². The fourth-order valence-electron chi connectivity index (χ4n) is 6.62. The van der Waals surface area contributed by atoms with Crippen molar-refractivity contribution in [3.05, 3.63) is 48.6 Å². The first kappa shape index (κ1) is 50.8. The molecule has 3 unspecified atom stereocenters. The second-order valence-corrected chi connectivity index (χ2v) is 15.2. The van der Waals surface area contributed by atoms with E-state index in [9.17, 15) is 19.8 Å². The zero-order valence-electron chi connectivity index (χ0n) is 34.9. The minimum atomic E-state index is -0.788. The maximum absolute atomic E-state index is 13.1. The molecule has 0 saturated carbocycles. The van der Waals surface area contributed by atoms with Crippen LogP contribution in [0.1, 0.15) is 213 Å². The smallest absolute Gasteiger partial charge is 0.306 e. The summed E-state index contributed by atoms with van der Waals surface area (Å²) in [5, 5.41) is 23.6. The summed E-state index contributed by atoms with van der Waals surface area (Å²) in [5.41, 5.74) is 0. The van der Waals surface area contributed by atoms with Gasteiger partial charge in [0, 0.05) is 6.42 Å². The van der Waals surface area contributed by atoms with Gasteiger partial charge in [-0.1, -0.05) is 204 Å². The first-order valence-corrected chi connectivity index (χ1v) is 22.4. The van der Waals surface area contributed by atoms with Gasteiger partial charge in [0.15, 0.2) is 0 Å². The van der Waals surface area contributed by atoms with Gasteiger partial charge in [0.25, 0.3) is 0 Å². The van der Waals surface area contributed by atoms with E-state index in [1.54, 1.807) is 0 Å². The van der Waals surface area contributed by atoms with E-state index in [4.69, 9.17) is 4.74 Å². The van der Waals surface area contributed by atoms with Crippen molar-refractivity contribution < 1.29 is 24.5 Å². The molecule has 3 N–H and O–H groups in total. The van der Waals surface area contributed by atoms with Gasteiger partial charge in [0.1, 0.15) is 6.10 Å². The zero-order chi connectivity index (χ0) is 38.9. The molecule has 6 nitrogen and oxygen atoms in total. The molecular weight excluding hydrogens is 659 g/mol. The summed E-state index contributed by atoms with van der Waals surface area (Å²) in [6.45, 7) is 6.29. The molecule has 0 bridgehead atoms. The maximum Gasteiger partial charge on any atom is 0.306 e. The Morgan fingerprint density at radius 1 is 0.566 bits per heavy atom. The van der Waals surface area contributed by atoms with Crippen LogP contribution in [0.4, 0.5) is 0 Å². The molecule has 0 aromatic carbocycles. The van der Waals surface area contributed by atoms with Crippen LogP contribution in [0.2, 0.25) is 0 Å². The molecule has 0 saturated heterocycles. The van der Waals surface area contributed by atoms with Gasteiger partial charge in [-0.05, 0) is 44.9 Å². The van der Waals surface area contributed by atoms with Crippen molar-refractivity contribution in [1.82, 2.24) is 5.32 Å². The van der Waals surface area contributed by atoms with Gasteiger partial charge in [-0.3, -0.25) is 9.59 Å². The molecule has 0 radical (unpaired) electrons. The number of carbonyl (C=O) groups excluding carboxylic acids is 2. The minimum absolute atomic E-state index is 0.0683. The van der Waals surface area contributed by atoms with Crippen molar-refractivity contribution in [3.63, 3.8) is 0 Å². The average Bonchev–Trinajstić information content (AvgIpc) is 3.15. The van der Waals surface area contributed by atoms with Crippen molar-refractivity contribution in [2.45, 2.75) is 232 Å². The Morgan fingerprint density at radius 2 is 1.02 bits per heavy atom. The third-order valence-electron chi connectivity index (χ3n) is 10.0. The van der Waals surface area contributed by atoms with Gasteiger partial charge in [-0.2, -0.15) is 0 Å². The molecule has 3 atom stereocenters. The number of nitrogens with one attached hydrogen (secondary N) is 1. The van der Waals surface area contributed by atoms with Crippen molar-refractivity contribution in [1.29, 1.82) is 0 Å². The number of aliphatic hydroxyl groups excluding tert-OH is 2. The van der Waals surface area contributed by atoms with Crippen LogP contribution in [0, 0.1) is 0 Å².